The van der Waals surface area contributed by atoms with Crippen LogP contribution in [0.1, 0.15) is 25.3 Å². The lowest BCUT2D eigenvalue weighted by molar-refractivity contribution is -0.113. The molecule has 8 heteroatoms. The third-order valence-electron chi connectivity index (χ3n) is 3.55. The quantitative estimate of drug-likeness (QED) is 0.470. The number of hydrogen-bond acceptors (Lipinski definition) is 6. The van der Waals surface area contributed by atoms with Crippen LogP contribution in [-0.4, -0.2) is 27.1 Å². The van der Waals surface area contributed by atoms with Gasteiger partial charge < -0.3 is 4.42 Å². The van der Waals surface area contributed by atoms with Crippen molar-refractivity contribution in [2.45, 2.75) is 35.3 Å². The lowest BCUT2D eigenvalue weighted by atomic mass is 10.1. The fourth-order valence-corrected chi connectivity index (χ4v) is 4.01. The number of rotatable bonds is 8. The highest BCUT2D eigenvalue weighted by Gasteiger charge is 2.11. The van der Waals surface area contributed by atoms with Crippen molar-refractivity contribution in [2.75, 3.05) is 11.1 Å². The molecule has 0 saturated carbocycles. The molecular weight excluding hydrogens is 414 g/mol. The molecule has 146 valence electrons. The largest absolute Gasteiger partial charge is 0.407 e. The zero-order chi connectivity index (χ0) is 19.9. The van der Waals surface area contributed by atoms with Crippen LogP contribution in [0.4, 0.5) is 6.01 Å². The van der Waals surface area contributed by atoms with Crippen LogP contribution < -0.4 is 5.32 Å². The second-order valence-corrected chi connectivity index (χ2v) is 9.41. The number of benzene rings is 2. The SMILES string of the molecule is CC(C)Sc1ccc(Cc2nnc(NC(=O)CSc3ccc(Cl)cc3)o2)cc1. The minimum absolute atomic E-state index is 0.115. The molecule has 0 saturated heterocycles. The van der Waals surface area contributed by atoms with Crippen molar-refractivity contribution in [1.29, 1.82) is 0 Å². The van der Waals surface area contributed by atoms with Crippen molar-refractivity contribution in [3.05, 3.63) is 65.0 Å². The lowest BCUT2D eigenvalue weighted by Crippen LogP contribution is -2.14. The number of thioether (sulfide) groups is 2. The molecule has 3 rings (SSSR count). The second-order valence-electron chi connectivity index (χ2n) is 6.28. The summed E-state index contributed by atoms with van der Waals surface area (Å²) in [6.45, 7) is 4.33. The molecule has 0 atom stereocenters. The molecule has 0 aliphatic carbocycles. The lowest BCUT2D eigenvalue weighted by Gasteiger charge is -2.05. The van der Waals surface area contributed by atoms with Crippen molar-refractivity contribution >= 4 is 47.0 Å². The smallest absolute Gasteiger partial charge is 0.322 e. The van der Waals surface area contributed by atoms with Crippen molar-refractivity contribution < 1.29 is 9.21 Å². The molecule has 0 aliphatic rings. The number of carbonyl (C=O) groups excluding carboxylic acids is 1. The van der Waals surface area contributed by atoms with E-state index in [1.165, 1.54) is 16.7 Å². The normalized spacial score (nSPS) is 11.0. The van der Waals surface area contributed by atoms with Gasteiger partial charge in [0, 0.05) is 20.1 Å². The first-order valence-corrected chi connectivity index (χ1v) is 11.0. The van der Waals surface area contributed by atoms with Crippen molar-refractivity contribution in [1.82, 2.24) is 10.2 Å². The average Bonchev–Trinajstić information content (AvgIpc) is 3.09. The fraction of sp³-hybridized carbons (Fsp3) is 0.250. The zero-order valence-electron chi connectivity index (χ0n) is 15.5. The summed E-state index contributed by atoms with van der Waals surface area (Å²) in [5, 5.41) is 11.7. The fourth-order valence-electron chi connectivity index (χ4n) is 2.34. The van der Waals surface area contributed by atoms with Gasteiger partial charge in [0.2, 0.25) is 11.8 Å². The molecule has 1 heterocycles. The van der Waals surface area contributed by atoms with Crippen molar-refractivity contribution in [3.63, 3.8) is 0 Å². The summed E-state index contributed by atoms with van der Waals surface area (Å²) in [5.74, 6) is 0.504. The number of hydrogen-bond donors (Lipinski definition) is 1. The third-order valence-corrected chi connectivity index (χ3v) is 5.83. The van der Waals surface area contributed by atoms with E-state index in [1.54, 1.807) is 12.1 Å². The monoisotopic (exact) mass is 433 g/mol. The molecule has 0 spiro atoms. The Kier molecular flexibility index (Phi) is 7.42. The van der Waals surface area contributed by atoms with Crippen LogP contribution in [0, 0.1) is 0 Å². The van der Waals surface area contributed by atoms with Gasteiger partial charge in [0.05, 0.1) is 12.2 Å². The van der Waals surface area contributed by atoms with E-state index >= 15 is 0 Å². The average molecular weight is 434 g/mol. The summed E-state index contributed by atoms with van der Waals surface area (Å²) in [7, 11) is 0. The molecule has 0 bridgehead atoms. The van der Waals surface area contributed by atoms with E-state index in [0.29, 0.717) is 22.6 Å². The third kappa shape index (κ3) is 6.58. The number of carbonyl (C=O) groups is 1. The topological polar surface area (TPSA) is 68.0 Å². The Morgan fingerprint density at radius 1 is 1.07 bits per heavy atom. The van der Waals surface area contributed by atoms with Crippen LogP contribution in [0.25, 0.3) is 0 Å². The highest BCUT2D eigenvalue weighted by Crippen LogP contribution is 2.24. The number of aromatic nitrogens is 2. The minimum atomic E-state index is -0.204. The Morgan fingerprint density at radius 2 is 1.75 bits per heavy atom. The Balaban J connectivity index is 1.49. The number of amides is 1. The van der Waals surface area contributed by atoms with Crippen molar-refractivity contribution in [2.24, 2.45) is 0 Å². The molecule has 2 aromatic carbocycles. The molecule has 1 amide bonds. The molecule has 3 aromatic rings. The van der Waals surface area contributed by atoms with Gasteiger partial charge in [-0.1, -0.05) is 42.7 Å². The van der Waals surface area contributed by atoms with Crippen LogP contribution in [0.2, 0.25) is 5.02 Å². The van der Waals surface area contributed by atoms with E-state index < -0.39 is 0 Å². The van der Waals surface area contributed by atoms with E-state index in [-0.39, 0.29) is 17.7 Å². The summed E-state index contributed by atoms with van der Waals surface area (Å²) in [4.78, 5) is 14.3. The van der Waals surface area contributed by atoms with Gasteiger partial charge in [-0.05, 0) is 42.0 Å². The second kappa shape index (κ2) is 10.0. The molecule has 0 aliphatic heterocycles. The first-order chi connectivity index (χ1) is 13.5. The molecule has 28 heavy (non-hydrogen) atoms. The van der Waals surface area contributed by atoms with Gasteiger partial charge in [-0.2, -0.15) is 0 Å². The molecular formula is C20H20ClN3O2S2. The van der Waals surface area contributed by atoms with Gasteiger partial charge >= 0.3 is 6.01 Å². The van der Waals surface area contributed by atoms with Gasteiger partial charge in [-0.15, -0.1) is 28.6 Å². The summed E-state index contributed by atoms with van der Waals surface area (Å²) in [5.41, 5.74) is 1.08. The van der Waals surface area contributed by atoms with Gasteiger partial charge in [-0.3, -0.25) is 10.1 Å². The Labute approximate surface area is 177 Å². The van der Waals surface area contributed by atoms with Gasteiger partial charge in [0.25, 0.3) is 0 Å². The van der Waals surface area contributed by atoms with Crippen molar-refractivity contribution in [3.8, 4) is 0 Å². The molecule has 0 fully saturated rings. The minimum Gasteiger partial charge on any atom is -0.407 e. The van der Waals surface area contributed by atoms with Gasteiger partial charge in [-0.25, -0.2) is 0 Å². The summed E-state index contributed by atoms with van der Waals surface area (Å²) in [6.07, 6.45) is 0.523. The number of nitrogens with one attached hydrogen (secondary N) is 1. The summed E-state index contributed by atoms with van der Waals surface area (Å²) in [6, 6.07) is 15.7. The first-order valence-electron chi connectivity index (χ1n) is 8.74. The maximum Gasteiger partial charge on any atom is 0.322 e. The molecule has 1 N–H and O–H groups in total. The van der Waals surface area contributed by atoms with E-state index in [4.69, 9.17) is 16.0 Å². The van der Waals surface area contributed by atoms with Gasteiger partial charge in [0.15, 0.2) is 0 Å². The highest BCUT2D eigenvalue weighted by molar-refractivity contribution is 8.00. The number of halogens is 1. The molecule has 5 nitrogen and oxygen atoms in total. The van der Waals surface area contributed by atoms with E-state index in [2.05, 4.69) is 53.6 Å². The predicted octanol–water partition coefficient (Wildman–Crippen LogP) is 5.55. The van der Waals surface area contributed by atoms with E-state index in [9.17, 15) is 4.79 Å². The van der Waals surface area contributed by atoms with Gasteiger partial charge in [0.1, 0.15) is 0 Å². The maximum atomic E-state index is 12.1. The Morgan fingerprint density at radius 3 is 2.43 bits per heavy atom. The number of anilines is 1. The van der Waals surface area contributed by atoms with E-state index in [1.807, 2.05) is 23.9 Å². The van der Waals surface area contributed by atoms with Crippen LogP contribution in [-0.2, 0) is 11.2 Å². The highest BCUT2D eigenvalue weighted by atomic mass is 35.5. The van der Waals surface area contributed by atoms with Crippen LogP contribution in [0.15, 0.2) is 62.7 Å². The van der Waals surface area contributed by atoms with Crippen LogP contribution in [0.5, 0.6) is 0 Å². The number of nitrogens with zero attached hydrogens (tertiary/aromatic N) is 2. The molecule has 1 aromatic heterocycles. The Bertz CT molecular complexity index is 912. The zero-order valence-corrected chi connectivity index (χ0v) is 17.9. The standard InChI is InChI=1S/C20H20ClN3O2S2/c1-13(2)28-17-7-3-14(4-8-17)11-19-23-24-20(26-19)22-18(25)12-27-16-9-5-15(21)6-10-16/h3-10,13H,11-12H2,1-2H3,(H,22,24,25). The van der Waals surface area contributed by atoms with E-state index in [0.717, 1.165) is 10.5 Å². The first kappa shape index (κ1) is 20.8. The van der Waals surface area contributed by atoms with Crippen LogP contribution >= 0.6 is 35.1 Å². The maximum absolute atomic E-state index is 12.1. The summed E-state index contributed by atoms with van der Waals surface area (Å²) >= 11 is 9.08. The molecule has 0 unspecified atom stereocenters. The predicted molar refractivity (Wildman–Crippen MR) is 115 cm³/mol. The van der Waals surface area contributed by atoms with Crippen LogP contribution in [0.3, 0.4) is 0 Å². The summed E-state index contributed by atoms with van der Waals surface area (Å²) < 4.78 is 5.53. The molecule has 0 radical (unpaired) electrons. The Hall–Kier alpha value is -1.96.